The average Bonchev–Trinajstić information content (AvgIpc) is 2.83. The van der Waals surface area contributed by atoms with Gasteiger partial charge in [-0.05, 0) is 36.8 Å². The highest BCUT2D eigenvalue weighted by molar-refractivity contribution is 7.99. The molecule has 1 unspecified atom stereocenters. The number of hydrogen-bond donors (Lipinski definition) is 1. The first-order chi connectivity index (χ1) is 8.20. The number of ether oxygens (including phenoxy) is 1. The van der Waals surface area contributed by atoms with E-state index in [1.165, 1.54) is 0 Å². The third-order valence-corrected chi connectivity index (χ3v) is 4.08. The molecule has 1 atom stereocenters. The highest BCUT2D eigenvalue weighted by Gasteiger charge is 2.23. The smallest absolute Gasteiger partial charge is 0.228 e. The van der Waals surface area contributed by atoms with Crippen molar-refractivity contribution in [3.05, 3.63) is 23.8 Å². The summed E-state index contributed by atoms with van der Waals surface area (Å²) >= 11 is 1.84. The van der Waals surface area contributed by atoms with E-state index in [1.807, 2.05) is 36.9 Å². The molecule has 92 valence electrons. The van der Waals surface area contributed by atoms with E-state index in [2.05, 4.69) is 5.32 Å². The molecule has 1 amide bonds. The summed E-state index contributed by atoms with van der Waals surface area (Å²) < 4.78 is 5.24. The minimum absolute atomic E-state index is 0.110. The van der Waals surface area contributed by atoms with Crippen LogP contribution in [0.4, 0.5) is 5.69 Å². The molecule has 1 heterocycles. The summed E-state index contributed by atoms with van der Waals surface area (Å²) in [4.78, 5) is 12.0. The third-order valence-electron chi connectivity index (χ3n) is 2.91. The van der Waals surface area contributed by atoms with Gasteiger partial charge in [0.25, 0.3) is 0 Å². The maximum atomic E-state index is 12.0. The SMILES string of the molecule is COc1ccc(C)cc1NC(=O)C1CCSC1. The normalized spacial score (nSPS) is 19.1. The van der Waals surface area contributed by atoms with Gasteiger partial charge in [-0.25, -0.2) is 0 Å². The van der Waals surface area contributed by atoms with E-state index in [9.17, 15) is 4.79 Å². The molecule has 17 heavy (non-hydrogen) atoms. The second-order valence-corrected chi connectivity index (χ2v) is 5.40. The standard InChI is InChI=1S/C13H17NO2S/c1-9-3-4-12(16-2)11(7-9)14-13(15)10-5-6-17-8-10/h3-4,7,10H,5-6,8H2,1-2H3,(H,14,15). The van der Waals surface area contributed by atoms with Gasteiger partial charge in [0.2, 0.25) is 5.91 Å². The molecular weight excluding hydrogens is 234 g/mol. The van der Waals surface area contributed by atoms with Crippen molar-refractivity contribution >= 4 is 23.4 Å². The lowest BCUT2D eigenvalue weighted by Gasteiger charge is -2.13. The van der Waals surface area contributed by atoms with Gasteiger partial charge >= 0.3 is 0 Å². The minimum Gasteiger partial charge on any atom is -0.495 e. The van der Waals surface area contributed by atoms with Crippen molar-refractivity contribution in [2.75, 3.05) is 23.9 Å². The zero-order valence-corrected chi connectivity index (χ0v) is 11.0. The zero-order chi connectivity index (χ0) is 12.3. The van der Waals surface area contributed by atoms with E-state index in [-0.39, 0.29) is 11.8 Å². The molecule has 0 aliphatic carbocycles. The molecule has 2 rings (SSSR count). The van der Waals surface area contributed by atoms with Crippen LogP contribution in [0.25, 0.3) is 0 Å². The Bertz CT molecular complexity index is 414. The highest BCUT2D eigenvalue weighted by atomic mass is 32.2. The van der Waals surface area contributed by atoms with Crippen molar-refractivity contribution < 1.29 is 9.53 Å². The van der Waals surface area contributed by atoms with Gasteiger partial charge in [0, 0.05) is 11.7 Å². The number of benzene rings is 1. The molecule has 0 bridgehead atoms. The van der Waals surface area contributed by atoms with Crippen LogP contribution in [0.3, 0.4) is 0 Å². The van der Waals surface area contributed by atoms with Gasteiger partial charge < -0.3 is 10.1 Å². The van der Waals surface area contributed by atoms with Crippen LogP contribution in [0, 0.1) is 12.8 Å². The molecule has 1 aliphatic rings. The summed E-state index contributed by atoms with van der Waals surface area (Å²) in [6.45, 7) is 2.00. The van der Waals surface area contributed by atoms with Crippen molar-refractivity contribution in [2.24, 2.45) is 5.92 Å². The molecule has 4 heteroatoms. The molecule has 1 aromatic rings. The van der Waals surface area contributed by atoms with Crippen LogP contribution in [0.2, 0.25) is 0 Å². The number of methoxy groups -OCH3 is 1. The first kappa shape index (κ1) is 12.3. The van der Waals surface area contributed by atoms with Crippen molar-refractivity contribution in [3.8, 4) is 5.75 Å². The number of carbonyl (C=O) groups excluding carboxylic acids is 1. The molecule has 0 radical (unpaired) electrons. The number of hydrogen-bond acceptors (Lipinski definition) is 3. The molecule has 1 aliphatic heterocycles. The van der Waals surface area contributed by atoms with Crippen LogP contribution in [0.15, 0.2) is 18.2 Å². The molecule has 1 saturated heterocycles. The molecular formula is C13H17NO2S. The second kappa shape index (κ2) is 5.45. The molecule has 1 fully saturated rings. The Morgan fingerprint density at radius 2 is 2.35 bits per heavy atom. The summed E-state index contributed by atoms with van der Waals surface area (Å²) in [6, 6.07) is 5.80. The van der Waals surface area contributed by atoms with Gasteiger partial charge in [-0.3, -0.25) is 4.79 Å². The van der Waals surface area contributed by atoms with Crippen LogP contribution < -0.4 is 10.1 Å². The molecule has 0 saturated carbocycles. The predicted octanol–water partition coefficient (Wildman–Crippen LogP) is 2.70. The molecule has 1 N–H and O–H groups in total. The van der Waals surface area contributed by atoms with Crippen LogP contribution in [-0.4, -0.2) is 24.5 Å². The fourth-order valence-electron chi connectivity index (χ4n) is 1.90. The van der Waals surface area contributed by atoms with Gasteiger partial charge in [0.1, 0.15) is 5.75 Å². The molecule has 3 nitrogen and oxygen atoms in total. The summed E-state index contributed by atoms with van der Waals surface area (Å²) in [5.74, 6) is 2.99. The number of amides is 1. The van der Waals surface area contributed by atoms with Crippen LogP contribution >= 0.6 is 11.8 Å². The van der Waals surface area contributed by atoms with E-state index in [0.29, 0.717) is 0 Å². The maximum Gasteiger partial charge on any atom is 0.228 e. The monoisotopic (exact) mass is 251 g/mol. The lowest BCUT2D eigenvalue weighted by Crippen LogP contribution is -2.22. The van der Waals surface area contributed by atoms with E-state index < -0.39 is 0 Å². The van der Waals surface area contributed by atoms with Crippen molar-refractivity contribution in [2.45, 2.75) is 13.3 Å². The van der Waals surface area contributed by atoms with Gasteiger partial charge in [-0.2, -0.15) is 11.8 Å². The minimum atomic E-state index is 0.110. The summed E-state index contributed by atoms with van der Waals surface area (Å²) in [5, 5.41) is 2.97. The van der Waals surface area contributed by atoms with E-state index in [4.69, 9.17) is 4.74 Å². The summed E-state index contributed by atoms with van der Waals surface area (Å²) in [5.41, 5.74) is 1.89. The average molecular weight is 251 g/mol. The third kappa shape index (κ3) is 2.94. The van der Waals surface area contributed by atoms with E-state index in [0.717, 1.165) is 34.9 Å². The summed E-state index contributed by atoms with van der Waals surface area (Å²) in [7, 11) is 1.62. The second-order valence-electron chi connectivity index (χ2n) is 4.25. The Morgan fingerprint density at radius 1 is 1.53 bits per heavy atom. The number of rotatable bonds is 3. The van der Waals surface area contributed by atoms with Crippen molar-refractivity contribution in [1.29, 1.82) is 0 Å². The van der Waals surface area contributed by atoms with Gasteiger partial charge in [-0.1, -0.05) is 6.07 Å². The fourth-order valence-corrected chi connectivity index (χ4v) is 3.12. The Morgan fingerprint density at radius 3 is 3.00 bits per heavy atom. The number of aryl methyl sites for hydroxylation is 1. The van der Waals surface area contributed by atoms with Crippen LogP contribution in [-0.2, 0) is 4.79 Å². The quantitative estimate of drug-likeness (QED) is 0.897. The first-order valence-electron chi connectivity index (χ1n) is 5.74. The largest absolute Gasteiger partial charge is 0.495 e. The number of carbonyl (C=O) groups is 1. The Kier molecular flexibility index (Phi) is 3.94. The predicted molar refractivity (Wildman–Crippen MR) is 71.8 cm³/mol. The van der Waals surface area contributed by atoms with E-state index >= 15 is 0 Å². The zero-order valence-electron chi connectivity index (χ0n) is 10.2. The fraction of sp³-hybridized carbons (Fsp3) is 0.462. The Balaban J connectivity index is 2.11. The highest BCUT2D eigenvalue weighted by Crippen LogP contribution is 2.28. The number of anilines is 1. The van der Waals surface area contributed by atoms with Gasteiger partial charge in [0.05, 0.1) is 12.8 Å². The molecule has 0 aromatic heterocycles. The van der Waals surface area contributed by atoms with Crippen LogP contribution in [0.5, 0.6) is 5.75 Å². The van der Waals surface area contributed by atoms with Crippen molar-refractivity contribution in [3.63, 3.8) is 0 Å². The number of nitrogens with one attached hydrogen (secondary N) is 1. The Labute approximate surface area is 106 Å². The van der Waals surface area contributed by atoms with E-state index in [1.54, 1.807) is 7.11 Å². The topological polar surface area (TPSA) is 38.3 Å². The lowest BCUT2D eigenvalue weighted by atomic mass is 10.1. The molecule has 1 aromatic carbocycles. The first-order valence-corrected chi connectivity index (χ1v) is 6.89. The number of thioether (sulfide) groups is 1. The van der Waals surface area contributed by atoms with Crippen LogP contribution in [0.1, 0.15) is 12.0 Å². The molecule has 0 spiro atoms. The van der Waals surface area contributed by atoms with Gasteiger partial charge in [-0.15, -0.1) is 0 Å². The lowest BCUT2D eigenvalue weighted by molar-refractivity contribution is -0.119. The maximum absolute atomic E-state index is 12.0. The Hall–Kier alpha value is -1.16. The van der Waals surface area contributed by atoms with Gasteiger partial charge in [0.15, 0.2) is 0 Å². The summed E-state index contributed by atoms with van der Waals surface area (Å²) in [6.07, 6.45) is 0.977. The van der Waals surface area contributed by atoms with Crippen molar-refractivity contribution in [1.82, 2.24) is 0 Å².